The monoisotopic (exact) mass is 386 g/mol. The summed E-state index contributed by atoms with van der Waals surface area (Å²) in [6.07, 6.45) is 0. The lowest BCUT2D eigenvalue weighted by molar-refractivity contribution is 0.262. The van der Waals surface area contributed by atoms with E-state index in [0.717, 1.165) is 4.31 Å². The molecule has 1 fully saturated rings. The van der Waals surface area contributed by atoms with Crippen LogP contribution in [0.2, 0.25) is 0 Å². The normalized spacial score (nSPS) is 18.7. The Morgan fingerprint density at radius 2 is 1.81 bits per heavy atom. The average molecular weight is 386 g/mol. The van der Waals surface area contributed by atoms with Crippen molar-refractivity contribution in [1.29, 1.82) is 0 Å². The molecule has 5 nitrogen and oxygen atoms in total. The summed E-state index contributed by atoms with van der Waals surface area (Å²) >= 11 is 0. The van der Waals surface area contributed by atoms with Crippen LogP contribution in [0.4, 0.5) is 13.2 Å². The molecule has 3 rings (SSSR count). The molecule has 2 aromatic carbocycles. The molecule has 1 atom stereocenters. The van der Waals surface area contributed by atoms with Crippen LogP contribution < -0.4 is 10.1 Å². The van der Waals surface area contributed by atoms with Crippen LogP contribution in [0.15, 0.2) is 41.3 Å². The number of benzene rings is 2. The molecule has 1 saturated heterocycles. The summed E-state index contributed by atoms with van der Waals surface area (Å²) in [6, 6.07) is 6.80. The van der Waals surface area contributed by atoms with Gasteiger partial charge in [0, 0.05) is 37.3 Å². The Bertz CT molecular complexity index is 898. The van der Waals surface area contributed by atoms with Crippen LogP contribution in [0.3, 0.4) is 0 Å². The molecular weight excluding hydrogens is 369 g/mol. The van der Waals surface area contributed by atoms with Gasteiger partial charge in [0.2, 0.25) is 10.0 Å². The molecule has 1 aliphatic rings. The summed E-state index contributed by atoms with van der Waals surface area (Å²) in [5.41, 5.74) is 0.564. The number of ether oxygens (including phenoxy) is 1. The van der Waals surface area contributed by atoms with E-state index in [1.807, 2.05) is 0 Å². The highest BCUT2D eigenvalue weighted by molar-refractivity contribution is 7.89. The highest BCUT2D eigenvalue weighted by atomic mass is 32.2. The van der Waals surface area contributed by atoms with Crippen LogP contribution in [0, 0.1) is 17.5 Å². The second-order valence-electron chi connectivity index (χ2n) is 5.78. The van der Waals surface area contributed by atoms with Crippen LogP contribution in [0.5, 0.6) is 5.75 Å². The maximum Gasteiger partial charge on any atom is 0.249 e. The molecule has 1 unspecified atom stereocenters. The van der Waals surface area contributed by atoms with Gasteiger partial charge in [-0.25, -0.2) is 21.6 Å². The van der Waals surface area contributed by atoms with E-state index in [1.54, 1.807) is 24.3 Å². The maximum absolute atomic E-state index is 14.1. The summed E-state index contributed by atoms with van der Waals surface area (Å²) < 4.78 is 73.6. The number of para-hydroxylation sites is 1. The van der Waals surface area contributed by atoms with Gasteiger partial charge in [0.25, 0.3) is 0 Å². The van der Waals surface area contributed by atoms with E-state index in [2.05, 4.69) is 5.32 Å². The third kappa shape index (κ3) is 3.29. The number of halogens is 3. The first kappa shape index (κ1) is 18.7. The molecule has 1 aliphatic heterocycles. The van der Waals surface area contributed by atoms with Gasteiger partial charge < -0.3 is 10.1 Å². The van der Waals surface area contributed by atoms with Crippen molar-refractivity contribution < 1.29 is 26.3 Å². The molecule has 0 saturated carbocycles. The third-order valence-electron chi connectivity index (χ3n) is 4.22. The van der Waals surface area contributed by atoms with Gasteiger partial charge in [0.15, 0.2) is 4.90 Å². The Labute approximate surface area is 149 Å². The lowest BCUT2D eigenvalue weighted by Gasteiger charge is -2.36. The summed E-state index contributed by atoms with van der Waals surface area (Å²) in [7, 11) is -3.09. The predicted octanol–water partition coefficient (Wildman–Crippen LogP) is 2.45. The van der Waals surface area contributed by atoms with Crippen LogP contribution in [0.25, 0.3) is 0 Å². The van der Waals surface area contributed by atoms with E-state index in [9.17, 15) is 21.6 Å². The second-order valence-corrected chi connectivity index (χ2v) is 7.60. The first-order chi connectivity index (χ1) is 12.4. The standard InChI is InChI=1S/C17H17F3N2O3S/c1-25-16-5-3-2-4-12(16)15-10-21-6-7-22(15)26(23,24)17-13(19)8-11(18)9-14(17)20/h2-5,8-9,15,21H,6-7,10H2,1H3. The molecule has 0 aromatic heterocycles. The van der Waals surface area contributed by atoms with Gasteiger partial charge in [-0.2, -0.15) is 4.31 Å². The minimum absolute atomic E-state index is 0.00129. The summed E-state index contributed by atoms with van der Waals surface area (Å²) in [5.74, 6) is -3.64. The first-order valence-corrected chi connectivity index (χ1v) is 9.30. The van der Waals surface area contributed by atoms with Crippen molar-refractivity contribution in [3.8, 4) is 5.75 Å². The van der Waals surface area contributed by atoms with Crippen LogP contribution in [-0.2, 0) is 10.0 Å². The molecule has 0 radical (unpaired) electrons. The molecule has 0 spiro atoms. The minimum atomic E-state index is -4.54. The first-order valence-electron chi connectivity index (χ1n) is 7.86. The quantitative estimate of drug-likeness (QED) is 0.877. The van der Waals surface area contributed by atoms with E-state index in [1.165, 1.54) is 7.11 Å². The molecule has 0 aliphatic carbocycles. The average Bonchev–Trinajstić information content (AvgIpc) is 2.60. The highest BCUT2D eigenvalue weighted by Gasteiger charge is 2.39. The molecule has 26 heavy (non-hydrogen) atoms. The Hall–Kier alpha value is -2.10. The summed E-state index contributed by atoms with van der Waals surface area (Å²) in [4.78, 5) is -1.15. The third-order valence-corrected chi connectivity index (χ3v) is 6.18. The van der Waals surface area contributed by atoms with E-state index >= 15 is 0 Å². The van der Waals surface area contributed by atoms with Crippen molar-refractivity contribution in [2.24, 2.45) is 0 Å². The number of nitrogens with zero attached hydrogens (tertiary/aromatic N) is 1. The van der Waals surface area contributed by atoms with Crippen LogP contribution in [0.1, 0.15) is 11.6 Å². The van der Waals surface area contributed by atoms with Gasteiger partial charge in [-0.15, -0.1) is 0 Å². The fourth-order valence-electron chi connectivity index (χ4n) is 3.07. The van der Waals surface area contributed by atoms with E-state index in [4.69, 9.17) is 4.74 Å². The fourth-order valence-corrected chi connectivity index (χ4v) is 4.77. The SMILES string of the molecule is COc1ccccc1C1CNCCN1S(=O)(=O)c1c(F)cc(F)cc1F. The molecular formula is C17H17F3N2O3S. The van der Waals surface area contributed by atoms with E-state index in [0.29, 0.717) is 30.0 Å². The Kier molecular flexibility index (Phi) is 5.22. The zero-order chi connectivity index (χ0) is 18.9. The molecule has 1 heterocycles. The smallest absolute Gasteiger partial charge is 0.249 e. The molecule has 9 heteroatoms. The number of sulfonamides is 1. The largest absolute Gasteiger partial charge is 0.496 e. The zero-order valence-electron chi connectivity index (χ0n) is 13.9. The molecule has 0 amide bonds. The lowest BCUT2D eigenvalue weighted by Crippen LogP contribution is -2.49. The number of hydrogen-bond acceptors (Lipinski definition) is 4. The molecule has 140 valence electrons. The highest BCUT2D eigenvalue weighted by Crippen LogP contribution is 2.35. The van der Waals surface area contributed by atoms with Crippen molar-refractivity contribution in [3.63, 3.8) is 0 Å². The van der Waals surface area contributed by atoms with Crippen LogP contribution in [-0.4, -0.2) is 39.5 Å². The molecule has 1 N–H and O–H groups in total. The van der Waals surface area contributed by atoms with Crippen molar-refractivity contribution in [2.75, 3.05) is 26.7 Å². The Morgan fingerprint density at radius 3 is 2.46 bits per heavy atom. The van der Waals surface area contributed by atoms with Crippen molar-refractivity contribution in [1.82, 2.24) is 9.62 Å². The van der Waals surface area contributed by atoms with E-state index in [-0.39, 0.29) is 13.1 Å². The van der Waals surface area contributed by atoms with Gasteiger partial charge in [-0.05, 0) is 6.07 Å². The maximum atomic E-state index is 14.1. The number of methoxy groups -OCH3 is 1. The van der Waals surface area contributed by atoms with E-state index < -0.39 is 38.4 Å². The van der Waals surface area contributed by atoms with Crippen molar-refractivity contribution in [2.45, 2.75) is 10.9 Å². The summed E-state index contributed by atoms with van der Waals surface area (Å²) in [6.45, 7) is 0.556. The molecule has 2 aromatic rings. The summed E-state index contributed by atoms with van der Waals surface area (Å²) in [5, 5.41) is 3.07. The predicted molar refractivity (Wildman–Crippen MR) is 88.8 cm³/mol. The lowest BCUT2D eigenvalue weighted by atomic mass is 10.0. The molecule has 0 bridgehead atoms. The number of nitrogens with one attached hydrogen (secondary N) is 1. The van der Waals surface area contributed by atoms with Gasteiger partial charge in [0.05, 0.1) is 13.2 Å². The van der Waals surface area contributed by atoms with Gasteiger partial charge in [-0.3, -0.25) is 0 Å². The van der Waals surface area contributed by atoms with Crippen molar-refractivity contribution >= 4 is 10.0 Å². The number of rotatable bonds is 4. The van der Waals surface area contributed by atoms with Gasteiger partial charge in [-0.1, -0.05) is 18.2 Å². The Morgan fingerprint density at radius 1 is 1.15 bits per heavy atom. The number of piperazine rings is 1. The fraction of sp³-hybridized carbons (Fsp3) is 0.294. The second kappa shape index (κ2) is 7.26. The Balaban J connectivity index is 2.11. The topological polar surface area (TPSA) is 58.6 Å². The van der Waals surface area contributed by atoms with Gasteiger partial charge in [0.1, 0.15) is 23.2 Å². The zero-order valence-corrected chi connectivity index (χ0v) is 14.7. The van der Waals surface area contributed by atoms with Crippen LogP contribution >= 0.6 is 0 Å². The van der Waals surface area contributed by atoms with Gasteiger partial charge >= 0.3 is 0 Å². The number of hydrogen-bond donors (Lipinski definition) is 1. The van der Waals surface area contributed by atoms with Crippen molar-refractivity contribution in [3.05, 3.63) is 59.4 Å². The minimum Gasteiger partial charge on any atom is -0.496 e.